The third-order valence-electron chi connectivity index (χ3n) is 12.5. The van der Waals surface area contributed by atoms with Gasteiger partial charge in [-0.15, -0.1) is 6.58 Å². The van der Waals surface area contributed by atoms with Gasteiger partial charge in [0.05, 0.1) is 31.8 Å². The summed E-state index contributed by atoms with van der Waals surface area (Å²) in [6.45, 7) is 6.75. The molecular formula is C51H60N2O8. The summed E-state index contributed by atoms with van der Waals surface area (Å²) in [6, 6.07) is 31.3. The Morgan fingerprint density at radius 1 is 0.902 bits per heavy atom. The maximum atomic E-state index is 14.5. The zero-order chi connectivity index (χ0) is 42.8. The lowest BCUT2D eigenvalue weighted by molar-refractivity contribution is -0.255. The number of fused-ring (bicyclic) bond motifs is 2. The van der Waals surface area contributed by atoms with Crippen LogP contribution in [-0.4, -0.2) is 79.1 Å². The van der Waals surface area contributed by atoms with Crippen molar-refractivity contribution in [2.75, 3.05) is 40.6 Å². The Kier molecular flexibility index (Phi) is 14.6. The van der Waals surface area contributed by atoms with E-state index in [1.165, 1.54) is 0 Å². The molecule has 4 aromatic carbocycles. The number of carbonyl (C=O) groups is 1. The first-order valence-electron chi connectivity index (χ1n) is 21.8. The predicted octanol–water partition coefficient (Wildman–Crippen LogP) is 9.51. The van der Waals surface area contributed by atoms with Gasteiger partial charge in [-0.25, -0.2) is 0 Å². The van der Waals surface area contributed by atoms with Crippen molar-refractivity contribution < 1.29 is 38.8 Å². The molecule has 1 amide bonds. The molecule has 2 N–H and O–H groups in total. The lowest BCUT2D eigenvalue weighted by Crippen LogP contribution is -2.69. The summed E-state index contributed by atoms with van der Waals surface area (Å²) in [5, 5.41) is 24.6. The monoisotopic (exact) mass is 828 g/mol. The minimum atomic E-state index is -1.33. The van der Waals surface area contributed by atoms with E-state index in [1.807, 2.05) is 80.7 Å². The largest absolute Gasteiger partial charge is 0.497 e. The number of hydrogen-bond acceptors (Lipinski definition) is 9. The van der Waals surface area contributed by atoms with E-state index in [0.717, 1.165) is 59.2 Å². The molecule has 1 heterocycles. The molecule has 0 bridgehead atoms. The first-order valence-corrected chi connectivity index (χ1v) is 21.8. The number of hydrogen-bond donors (Lipinski definition) is 2. The molecule has 6 unspecified atom stereocenters. The number of ether oxygens (including phenoxy) is 4. The average molecular weight is 829 g/mol. The number of oxime groups is 1. The smallest absolute Gasteiger partial charge is 0.239 e. The van der Waals surface area contributed by atoms with Crippen molar-refractivity contribution in [1.82, 2.24) is 4.90 Å². The van der Waals surface area contributed by atoms with E-state index in [1.54, 1.807) is 18.1 Å². The van der Waals surface area contributed by atoms with Crippen LogP contribution in [0.2, 0.25) is 0 Å². The number of aliphatic hydroxyl groups is 2. The van der Waals surface area contributed by atoms with Gasteiger partial charge in [0, 0.05) is 38.2 Å². The first-order chi connectivity index (χ1) is 29.8. The number of nitrogens with zero attached hydrogens (tertiary/aromatic N) is 2. The Hall–Kier alpha value is -5.42. The first kappa shape index (κ1) is 43.7. The molecule has 10 heteroatoms. The van der Waals surface area contributed by atoms with Crippen LogP contribution >= 0.6 is 0 Å². The normalized spacial score (nSPS) is 23.2. The third-order valence-corrected chi connectivity index (χ3v) is 12.5. The van der Waals surface area contributed by atoms with E-state index in [4.69, 9.17) is 28.9 Å². The Labute approximate surface area is 360 Å². The predicted molar refractivity (Wildman–Crippen MR) is 238 cm³/mol. The number of carbonyl (C=O) groups excluding carboxylic acids is 1. The zero-order valence-electron chi connectivity index (χ0n) is 35.7. The Morgan fingerprint density at radius 3 is 2.36 bits per heavy atom. The standard InChI is InChI=1S/C51H60N2O8/c1-5-29-58-51-47(53(3)48(56)31-35-15-14-19-40(30-35)57-4)34-45(52-59-6-2)43-32-38(18-10-12-27-54)42(20-11-13-28-55)49(50(43)51)44-33-41(25-26-46(44)61-51)60-39-23-21-37(22-24-39)36-16-8-7-9-17-36/h5,7-9,14-17,19,21-26,30,32-33,38,42,47,49-50,54-55H,1,6,10-13,18,20,27-29,31,34H2,2-4H3. The van der Waals surface area contributed by atoms with Gasteiger partial charge in [-0.1, -0.05) is 84.7 Å². The quantitative estimate of drug-likeness (QED) is 0.0514. The number of methoxy groups -OCH3 is 1. The lowest BCUT2D eigenvalue weighted by atomic mass is 9.55. The van der Waals surface area contributed by atoms with E-state index in [2.05, 4.69) is 43.0 Å². The highest BCUT2D eigenvalue weighted by Gasteiger charge is 2.65. The second-order valence-electron chi connectivity index (χ2n) is 16.2. The van der Waals surface area contributed by atoms with Gasteiger partial charge in [0.2, 0.25) is 11.7 Å². The second kappa shape index (κ2) is 20.4. The van der Waals surface area contributed by atoms with Gasteiger partial charge >= 0.3 is 0 Å². The van der Waals surface area contributed by atoms with Gasteiger partial charge in [-0.3, -0.25) is 4.79 Å². The molecule has 322 valence electrons. The van der Waals surface area contributed by atoms with Gasteiger partial charge < -0.3 is 38.9 Å². The number of allylic oxidation sites excluding steroid dienone is 1. The van der Waals surface area contributed by atoms with Gasteiger partial charge in [0.1, 0.15) is 35.6 Å². The Balaban J connectivity index is 1.36. The van der Waals surface area contributed by atoms with Crippen LogP contribution in [0.5, 0.6) is 23.0 Å². The highest BCUT2D eigenvalue weighted by molar-refractivity contribution is 6.03. The van der Waals surface area contributed by atoms with Crippen molar-refractivity contribution >= 4 is 11.6 Å². The summed E-state index contributed by atoms with van der Waals surface area (Å²) in [6.07, 6.45) is 9.32. The molecule has 0 aromatic heterocycles. The zero-order valence-corrected chi connectivity index (χ0v) is 35.7. The van der Waals surface area contributed by atoms with Gasteiger partial charge in [-0.2, -0.15) is 0 Å². The maximum absolute atomic E-state index is 14.5. The molecule has 3 aliphatic rings. The lowest BCUT2D eigenvalue weighted by Gasteiger charge is -2.59. The summed E-state index contributed by atoms with van der Waals surface area (Å²) in [7, 11) is 3.44. The third kappa shape index (κ3) is 9.57. The number of unbranched alkanes of at least 4 members (excludes halogenated alkanes) is 2. The summed E-state index contributed by atoms with van der Waals surface area (Å²) in [4.78, 5) is 22.1. The molecule has 1 aliphatic heterocycles. The Morgan fingerprint density at radius 2 is 1.64 bits per heavy atom. The number of rotatable bonds is 20. The molecule has 4 aromatic rings. The van der Waals surface area contributed by atoms with Crippen LogP contribution in [0.1, 0.15) is 68.9 Å². The van der Waals surface area contributed by atoms with Gasteiger partial charge in [-0.05, 0) is 109 Å². The SMILES string of the molecule is C=CCOC12Oc3ccc(Oc4ccc(-c5ccccc5)cc4)cc3C3C(CCCCO)C(CCCCO)C=C(C(=NOCC)CC1N(C)C(=O)Cc1cccc(OC)c1)C32. The molecule has 1 fully saturated rings. The van der Waals surface area contributed by atoms with Gasteiger partial charge in [0.15, 0.2) is 0 Å². The fourth-order valence-corrected chi connectivity index (χ4v) is 9.67. The number of likely N-dealkylation sites (N-methyl/N-ethyl adjacent to an activating group) is 1. The van der Waals surface area contributed by atoms with Crippen LogP contribution in [0.4, 0.5) is 0 Å². The minimum absolute atomic E-state index is 0.0960. The summed E-state index contributed by atoms with van der Waals surface area (Å²) in [5.74, 6) is 0.963. The van der Waals surface area contributed by atoms with E-state index >= 15 is 0 Å². The molecule has 0 saturated heterocycles. The fourth-order valence-electron chi connectivity index (χ4n) is 9.67. The average Bonchev–Trinajstić information content (AvgIpc) is 3.29. The van der Waals surface area contributed by atoms with E-state index in [0.29, 0.717) is 48.9 Å². The van der Waals surface area contributed by atoms with Crippen LogP contribution in [0.25, 0.3) is 11.1 Å². The molecule has 0 spiro atoms. The molecule has 2 aliphatic carbocycles. The summed E-state index contributed by atoms with van der Waals surface area (Å²) >= 11 is 0. The van der Waals surface area contributed by atoms with Crippen molar-refractivity contribution in [3.8, 4) is 34.1 Å². The molecular weight excluding hydrogens is 769 g/mol. The molecule has 6 atom stereocenters. The second-order valence-corrected chi connectivity index (χ2v) is 16.2. The molecule has 7 rings (SSSR count). The van der Waals surface area contributed by atoms with Crippen LogP contribution < -0.4 is 14.2 Å². The van der Waals surface area contributed by atoms with E-state index in [-0.39, 0.29) is 49.9 Å². The number of amides is 1. The highest BCUT2D eigenvalue weighted by Crippen LogP contribution is 2.62. The maximum Gasteiger partial charge on any atom is 0.239 e. The topological polar surface area (TPSA) is 119 Å². The van der Waals surface area contributed by atoms with Crippen molar-refractivity contribution in [3.05, 3.63) is 132 Å². The molecule has 0 radical (unpaired) electrons. The molecule has 10 nitrogen and oxygen atoms in total. The van der Waals surface area contributed by atoms with Crippen molar-refractivity contribution in [1.29, 1.82) is 0 Å². The highest BCUT2D eigenvalue weighted by atomic mass is 16.7. The van der Waals surface area contributed by atoms with Crippen molar-refractivity contribution in [2.24, 2.45) is 22.9 Å². The van der Waals surface area contributed by atoms with E-state index in [9.17, 15) is 15.0 Å². The Bertz CT molecular complexity index is 2150. The molecule has 61 heavy (non-hydrogen) atoms. The number of aliphatic hydroxyl groups excluding tert-OH is 2. The summed E-state index contributed by atoms with van der Waals surface area (Å²) < 4.78 is 26.4. The van der Waals surface area contributed by atoms with Gasteiger partial charge in [0.25, 0.3) is 0 Å². The van der Waals surface area contributed by atoms with Crippen LogP contribution in [0.15, 0.2) is 127 Å². The van der Waals surface area contributed by atoms with Crippen LogP contribution in [0, 0.1) is 17.8 Å². The fraction of sp³-hybridized carbons (Fsp3) is 0.412. The van der Waals surface area contributed by atoms with Crippen molar-refractivity contribution in [2.45, 2.75) is 76.0 Å². The van der Waals surface area contributed by atoms with E-state index < -0.39 is 17.7 Å². The molecule has 1 saturated carbocycles. The van der Waals surface area contributed by atoms with Crippen LogP contribution in [0.3, 0.4) is 0 Å². The number of benzene rings is 4. The van der Waals surface area contributed by atoms with Crippen molar-refractivity contribution in [3.63, 3.8) is 0 Å². The summed E-state index contributed by atoms with van der Waals surface area (Å²) in [5.41, 5.74) is 5.82. The minimum Gasteiger partial charge on any atom is -0.497 e. The van der Waals surface area contributed by atoms with Crippen LogP contribution in [-0.2, 0) is 20.8 Å².